The third-order valence-corrected chi connectivity index (χ3v) is 10.8. The monoisotopic (exact) mass is 684 g/mol. The highest BCUT2D eigenvalue weighted by Crippen LogP contribution is 2.51. The van der Waals surface area contributed by atoms with Gasteiger partial charge < -0.3 is 0 Å². The maximum absolute atomic E-state index is 2.48. The van der Waals surface area contributed by atoms with Crippen LogP contribution in [0.5, 0.6) is 0 Å². The van der Waals surface area contributed by atoms with Crippen molar-refractivity contribution in [3.05, 3.63) is 218 Å². The van der Waals surface area contributed by atoms with Crippen LogP contribution in [0, 0.1) is 0 Å². The van der Waals surface area contributed by atoms with Crippen LogP contribution < -0.4 is 0 Å². The third kappa shape index (κ3) is 5.48. The number of fused-ring (bicyclic) bond motifs is 6. The van der Waals surface area contributed by atoms with Crippen LogP contribution in [0.15, 0.2) is 218 Å². The molecule has 252 valence electrons. The Labute approximate surface area is 316 Å². The van der Waals surface area contributed by atoms with Crippen LogP contribution in [0.25, 0.3) is 99.1 Å². The van der Waals surface area contributed by atoms with Crippen LogP contribution in [0.2, 0.25) is 0 Å². The Bertz CT molecular complexity index is 2910. The minimum Gasteiger partial charge on any atom is -0.0622 e. The van der Waals surface area contributed by atoms with Crippen LogP contribution >= 0.6 is 0 Å². The number of hydrogen-bond acceptors (Lipinski definition) is 0. The van der Waals surface area contributed by atoms with E-state index in [-0.39, 0.29) is 0 Å². The molecule has 0 unspecified atom stereocenters. The van der Waals surface area contributed by atoms with E-state index in [4.69, 9.17) is 0 Å². The highest BCUT2D eigenvalue weighted by Gasteiger charge is 2.23. The molecule has 0 aliphatic carbocycles. The van der Waals surface area contributed by atoms with Crippen molar-refractivity contribution in [3.8, 4) is 66.8 Å². The normalized spacial score (nSPS) is 11.3. The van der Waals surface area contributed by atoms with Crippen molar-refractivity contribution in [2.24, 2.45) is 0 Å². The fourth-order valence-electron chi connectivity index (χ4n) is 8.37. The lowest BCUT2D eigenvalue weighted by Gasteiger charge is -2.23. The average Bonchev–Trinajstić information content (AvgIpc) is 3.27. The van der Waals surface area contributed by atoms with Crippen LogP contribution in [0.4, 0.5) is 0 Å². The van der Waals surface area contributed by atoms with Gasteiger partial charge in [-0.05, 0) is 123 Å². The lowest BCUT2D eigenvalue weighted by atomic mass is 9.79. The summed E-state index contributed by atoms with van der Waals surface area (Å²) in [4.78, 5) is 0. The number of hydrogen-bond donors (Lipinski definition) is 0. The molecule has 0 aliphatic rings. The van der Waals surface area contributed by atoms with Gasteiger partial charge in [-0.2, -0.15) is 0 Å². The van der Waals surface area contributed by atoms with Crippen molar-refractivity contribution in [2.45, 2.75) is 0 Å². The van der Waals surface area contributed by atoms with Gasteiger partial charge in [0.2, 0.25) is 0 Å². The second kappa shape index (κ2) is 13.5. The molecule has 0 N–H and O–H groups in total. The average molecular weight is 685 g/mol. The van der Waals surface area contributed by atoms with E-state index in [9.17, 15) is 0 Å². The van der Waals surface area contributed by atoms with Crippen molar-refractivity contribution in [1.82, 2.24) is 0 Å². The molecule has 0 saturated heterocycles. The Hall–Kier alpha value is -7.02. The molecule has 10 rings (SSSR count). The summed E-state index contributed by atoms with van der Waals surface area (Å²) >= 11 is 0. The summed E-state index contributed by atoms with van der Waals surface area (Å²) in [7, 11) is 0. The Morgan fingerprint density at radius 1 is 0.185 bits per heavy atom. The van der Waals surface area contributed by atoms with E-state index >= 15 is 0 Å². The molecule has 0 heteroatoms. The van der Waals surface area contributed by atoms with Gasteiger partial charge in [-0.15, -0.1) is 0 Å². The number of rotatable bonds is 6. The molecule has 0 fully saturated rings. The predicted molar refractivity (Wildman–Crippen MR) is 232 cm³/mol. The number of benzene rings is 10. The van der Waals surface area contributed by atoms with E-state index in [1.165, 1.54) is 99.1 Å². The molecule has 10 aromatic carbocycles. The third-order valence-electron chi connectivity index (χ3n) is 10.8. The van der Waals surface area contributed by atoms with Gasteiger partial charge >= 0.3 is 0 Å². The van der Waals surface area contributed by atoms with E-state index in [1.54, 1.807) is 0 Å². The zero-order valence-corrected chi connectivity index (χ0v) is 29.8. The summed E-state index contributed by atoms with van der Waals surface area (Å²) in [5.41, 5.74) is 14.6. The molecule has 0 spiro atoms. The molecule has 0 amide bonds. The molecule has 10 aromatic rings. The van der Waals surface area contributed by atoms with Crippen LogP contribution in [0.1, 0.15) is 0 Å². The van der Waals surface area contributed by atoms with E-state index in [1.807, 2.05) is 0 Å². The van der Waals surface area contributed by atoms with Gasteiger partial charge in [-0.3, -0.25) is 0 Å². The SMILES string of the molecule is c1ccc(-c2ccc3c(c2)c2cc(-c4ccccc4)c(-c4ccccc4)cc2c2cc(-c4ccccc4)c(-c4ccccc4)c(-c4ccccc4)c32)cc1. The minimum absolute atomic E-state index is 1.20. The van der Waals surface area contributed by atoms with E-state index in [0.29, 0.717) is 0 Å². The Kier molecular flexibility index (Phi) is 7.93. The fourth-order valence-corrected chi connectivity index (χ4v) is 8.37. The first-order valence-corrected chi connectivity index (χ1v) is 18.7. The van der Waals surface area contributed by atoms with Crippen LogP contribution in [0.3, 0.4) is 0 Å². The van der Waals surface area contributed by atoms with Crippen molar-refractivity contribution < 1.29 is 0 Å². The molecule has 0 saturated carbocycles. The molecular formula is C54H36. The second-order valence-electron chi connectivity index (χ2n) is 14.0. The Morgan fingerprint density at radius 2 is 0.537 bits per heavy atom. The summed E-state index contributed by atoms with van der Waals surface area (Å²) in [5, 5.41) is 7.51. The summed E-state index contributed by atoms with van der Waals surface area (Å²) in [6.45, 7) is 0. The topological polar surface area (TPSA) is 0 Å². The van der Waals surface area contributed by atoms with Crippen molar-refractivity contribution in [3.63, 3.8) is 0 Å². The Morgan fingerprint density at radius 3 is 1.02 bits per heavy atom. The highest BCUT2D eigenvalue weighted by atomic mass is 14.3. The van der Waals surface area contributed by atoms with Gasteiger partial charge in [0.05, 0.1) is 0 Å². The standard InChI is InChI=1S/C54H36/c1-7-19-37(20-8-1)43-31-32-44-48(33-43)49-34-45(38-21-9-2-10-22-38)46(39-23-11-3-12-24-39)35-50(49)51-36-47(40-25-13-4-14-26-40)52(41-27-15-5-16-28-41)53(54(44)51)42-29-17-6-18-30-42/h1-36H. The molecule has 0 bridgehead atoms. The van der Waals surface area contributed by atoms with Gasteiger partial charge in [-0.1, -0.05) is 194 Å². The summed E-state index contributed by atoms with van der Waals surface area (Å²) in [5.74, 6) is 0. The molecule has 0 nitrogen and oxygen atoms in total. The molecule has 0 aliphatic heterocycles. The summed E-state index contributed by atoms with van der Waals surface area (Å²) < 4.78 is 0. The first-order chi connectivity index (χ1) is 26.8. The lowest BCUT2D eigenvalue weighted by Crippen LogP contribution is -1.96. The Balaban J connectivity index is 1.46. The molecule has 0 heterocycles. The van der Waals surface area contributed by atoms with Gasteiger partial charge in [0.15, 0.2) is 0 Å². The van der Waals surface area contributed by atoms with Crippen molar-refractivity contribution >= 4 is 32.3 Å². The van der Waals surface area contributed by atoms with E-state index in [2.05, 4.69) is 218 Å². The first kappa shape index (κ1) is 31.7. The smallest absolute Gasteiger partial charge is 0.00137 e. The van der Waals surface area contributed by atoms with E-state index in [0.717, 1.165) is 0 Å². The van der Waals surface area contributed by atoms with Gasteiger partial charge in [0.1, 0.15) is 0 Å². The lowest BCUT2D eigenvalue weighted by molar-refractivity contribution is 1.59. The molecule has 0 aromatic heterocycles. The van der Waals surface area contributed by atoms with Crippen LogP contribution in [-0.2, 0) is 0 Å². The minimum atomic E-state index is 1.20. The zero-order chi connectivity index (χ0) is 35.8. The highest BCUT2D eigenvalue weighted by molar-refractivity contribution is 6.32. The zero-order valence-electron chi connectivity index (χ0n) is 29.8. The van der Waals surface area contributed by atoms with Crippen molar-refractivity contribution in [1.29, 1.82) is 0 Å². The molecule has 0 atom stereocenters. The van der Waals surface area contributed by atoms with Gasteiger partial charge in [0.25, 0.3) is 0 Å². The molecule has 54 heavy (non-hydrogen) atoms. The first-order valence-electron chi connectivity index (χ1n) is 18.7. The van der Waals surface area contributed by atoms with Crippen LogP contribution in [-0.4, -0.2) is 0 Å². The molecular weight excluding hydrogens is 649 g/mol. The predicted octanol–water partition coefficient (Wildman–Crippen LogP) is 15.1. The summed E-state index contributed by atoms with van der Waals surface area (Å²) in [6.07, 6.45) is 0. The van der Waals surface area contributed by atoms with Gasteiger partial charge in [0, 0.05) is 0 Å². The maximum atomic E-state index is 2.48. The fraction of sp³-hybridized carbons (Fsp3) is 0. The maximum Gasteiger partial charge on any atom is -0.00137 e. The second-order valence-corrected chi connectivity index (χ2v) is 14.0. The quantitative estimate of drug-likeness (QED) is 0.153. The van der Waals surface area contributed by atoms with E-state index < -0.39 is 0 Å². The molecule has 0 radical (unpaired) electrons. The van der Waals surface area contributed by atoms with Gasteiger partial charge in [-0.25, -0.2) is 0 Å². The summed E-state index contributed by atoms with van der Waals surface area (Å²) in [6, 6.07) is 79.9. The largest absolute Gasteiger partial charge is 0.0622 e. The van der Waals surface area contributed by atoms with Crippen molar-refractivity contribution in [2.75, 3.05) is 0 Å².